The van der Waals surface area contributed by atoms with E-state index in [1.165, 1.54) is 71.5 Å². The lowest BCUT2D eigenvalue weighted by molar-refractivity contribution is 0.103. The highest BCUT2D eigenvalue weighted by Gasteiger charge is 2.22. The molecule has 0 saturated carbocycles. The predicted octanol–water partition coefficient (Wildman–Crippen LogP) is 2.91. The highest BCUT2D eigenvalue weighted by Crippen LogP contribution is 2.23. The Morgan fingerprint density at radius 2 is 1.29 bits per heavy atom. The van der Waals surface area contributed by atoms with E-state index in [1.54, 1.807) is 0 Å². The lowest BCUT2D eigenvalue weighted by Gasteiger charge is -2.37. The summed E-state index contributed by atoms with van der Waals surface area (Å²) in [6.07, 6.45) is 5.73. The van der Waals surface area contributed by atoms with Crippen LogP contribution in [0.5, 0.6) is 0 Å². The summed E-state index contributed by atoms with van der Waals surface area (Å²) in [4.78, 5) is 7.93. The number of hydrogen-bond donors (Lipinski definition) is 0. The second-order valence-corrected chi connectivity index (χ2v) is 7.69. The Morgan fingerprint density at radius 3 is 1.81 bits per heavy atom. The lowest BCUT2D eigenvalue weighted by Crippen LogP contribution is -2.49. The first kappa shape index (κ1) is 17.2. The molecule has 0 unspecified atom stereocenters. The second kappa shape index (κ2) is 8.50. The highest BCUT2D eigenvalue weighted by atomic mass is 15.3. The van der Waals surface area contributed by atoms with E-state index in [-0.39, 0.29) is 0 Å². The Hall–Kier alpha value is -0.120. The van der Waals surface area contributed by atoms with Crippen LogP contribution in [0.2, 0.25) is 0 Å². The van der Waals surface area contributed by atoms with Crippen LogP contribution in [0.3, 0.4) is 0 Å². The molecule has 3 heteroatoms. The van der Waals surface area contributed by atoms with Gasteiger partial charge in [0.25, 0.3) is 0 Å². The van der Waals surface area contributed by atoms with Gasteiger partial charge in [0.2, 0.25) is 0 Å². The van der Waals surface area contributed by atoms with E-state index in [0.29, 0.717) is 0 Å². The fraction of sp³-hybridized carbons (Fsp3) is 1.00. The zero-order chi connectivity index (χ0) is 15.2. The molecule has 0 bridgehead atoms. The third kappa shape index (κ3) is 5.54. The van der Waals surface area contributed by atoms with Crippen LogP contribution in [0.4, 0.5) is 0 Å². The maximum atomic E-state index is 2.68. The first-order valence-corrected chi connectivity index (χ1v) is 9.26. The maximum absolute atomic E-state index is 2.68. The summed E-state index contributed by atoms with van der Waals surface area (Å²) in [6, 6.07) is 1.46. The van der Waals surface area contributed by atoms with Crippen LogP contribution >= 0.6 is 0 Å². The van der Waals surface area contributed by atoms with Crippen LogP contribution in [0.15, 0.2) is 0 Å². The van der Waals surface area contributed by atoms with Gasteiger partial charge < -0.3 is 9.80 Å². The van der Waals surface area contributed by atoms with E-state index in [2.05, 4.69) is 42.4 Å². The van der Waals surface area contributed by atoms with Crippen LogP contribution in [0.1, 0.15) is 53.4 Å². The molecule has 2 aliphatic rings. The van der Waals surface area contributed by atoms with Crippen molar-refractivity contribution in [1.29, 1.82) is 0 Å². The third-order valence-corrected chi connectivity index (χ3v) is 5.60. The number of piperidine rings is 1. The van der Waals surface area contributed by atoms with E-state index in [1.807, 2.05) is 0 Å². The molecule has 2 fully saturated rings. The molecule has 0 aliphatic carbocycles. The summed E-state index contributed by atoms with van der Waals surface area (Å²) in [6.45, 7) is 18.4. The summed E-state index contributed by atoms with van der Waals surface area (Å²) in [5.74, 6) is 0.997. The maximum Gasteiger partial charge on any atom is 0.0113 e. The molecule has 0 aromatic heterocycles. The predicted molar refractivity (Wildman–Crippen MR) is 91.8 cm³/mol. The minimum absolute atomic E-state index is 0.721. The molecule has 2 rings (SSSR count). The average molecular weight is 296 g/mol. The van der Waals surface area contributed by atoms with Crippen molar-refractivity contribution in [2.45, 2.75) is 65.5 Å². The molecule has 0 atom stereocenters. The second-order valence-electron chi connectivity index (χ2n) is 7.69. The minimum Gasteiger partial charge on any atom is -0.301 e. The van der Waals surface area contributed by atoms with Crippen LogP contribution in [0, 0.1) is 5.92 Å². The van der Waals surface area contributed by atoms with E-state index < -0.39 is 0 Å². The largest absolute Gasteiger partial charge is 0.301 e. The van der Waals surface area contributed by atoms with Crippen molar-refractivity contribution >= 4 is 0 Å². The van der Waals surface area contributed by atoms with Gasteiger partial charge in [-0.25, -0.2) is 0 Å². The van der Waals surface area contributed by atoms with Gasteiger partial charge in [-0.15, -0.1) is 0 Å². The molecule has 0 aromatic rings. The van der Waals surface area contributed by atoms with Gasteiger partial charge in [-0.1, -0.05) is 0 Å². The Balaban J connectivity index is 1.55. The van der Waals surface area contributed by atoms with Crippen molar-refractivity contribution in [3.05, 3.63) is 0 Å². The summed E-state index contributed by atoms with van der Waals surface area (Å²) in [5, 5.41) is 0. The van der Waals surface area contributed by atoms with Crippen LogP contribution < -0.4 is 0 Å². The molecule has 2 heterocycles. The Labute approximate surface area is 132 Å². The zero-order valence-corrected chi connectivity index (χ0v) is 14.9. The molecular weight excluding hydrogens is 258 g/mol. The standard InChI is InChI=1S/C18H37N3/c1-16(2)20-10-7-18(8-11-20)6-5-9-19-12-14-21(15-13-19)17(3)4/h16-18H,5-15H2,1-4H3. The molecule has 0 radical (unpaired) electrons. The van der Waals surface area contributed by atoms with Crippen molar-refractivity contribution < 1.29 is 0 Å². The molecule has 2 aliphatic heterocycles. The molecule has 0 N–H and O–H groups in total. The topological polar surface area (TPSA) is 9.72 Å². The minimum atomic E-state index is 0.721. The Bertz CT molecular complexity index is 246. The van der Waals surface area contributed by atoms with Gasteiger partial charge in [0.05, 0.1) is 0 Å². The van der Waals surface area contributed by atoms with Gasteiger partial charge in [-0.2, -0.15) is 0 Å². The van der Waals surface area contributed by atoms with Gasteiger partial charge in [0, 0.05) is 38.3 Å². The van der Waals surface area contributed by atoms with Crippen LogP contribution in [-0.4, -0.2) is 72.6 Å². The van der Waals surface area contributed by atoms with Gasteiger partial charge in [-0.05, 0) is 78.9 Å². The Kier molecular flexibility index (Phi) is 6.97. The molecule has 2 saturated heterocycles. The summed E-state index contributed by atoms with van der Waals surface area (Å²) >= 11 is 0. The average Bonchev–Trinajstić information content (AvgIpc) is 2.48. The third-order valence-electron chi connectivity index (χ3n) is 5.60. The number of rotatable bonds is 6. The zero-order valence-electron chi connectivity index (χ0n) is 14.9. The number of piperazine rings is 1. The van der Waals surface area contributed by atoms with Crippen molar-refractivity contribution in [1.82, 2.24) is 14.7 Å². The lowest BCUT2D eigenvalue weighted by atomic mass is 9.91. The summed E-state index contributed by atoms with van der Waals surface area (Å²) < 4.78 is 0. The van der Waals surface area contributed by atoms with Gasteiger partial charge in [-0.3, -0.25) is 4.90 Å². The normalized spacial score (nSPS) is 24.3. The summed E-state index contributed by atoms with van der Waals surface area (Å²) in [5.41, 5.74) is 0. The van der Waals surface area contributed by atoms with Crippen molar-refractivity contribution in [2.75, 3.05) is 45.8 Å². The van der Waals surface area contributed by atoms with E-state index in [0.717, 1.165) is 18.0 Å². The van der Waals surface area contributed by atoms with Crippen molar-refractivity contribution in [3.8, 4) is 0 Å². The van der Waals surface area contributed by atoms with E-state index in [4.69, 9.17) is 0 Å². The summed E-state index contributed by atoms with van der Waals surface area (Å²) in [7, 11) is 0. The molecule has 0 aromatic carbocycles. The fourth-order valence-electron chi connectivity index (χ4n) is 3.86. The smallest absolute Gasteiger partial charge is 0.0113 e. The fourth-order valence-corrected chi connectivity index (χ4v) is 3.86. The quantitative estimate of drug-likeness (QED) is 0.746. The van der Waals surface area contributed by atoms with E-state index >= 15 is 0 Å². The van der Waals surface area contributed by atoms with Gasteiger partial charge >= 0.3 is 0 Å². The number of hydrogen-bond acceptors (Lipinski definition) is 3. The highest BCUT2D eigenvalue weighted by molar-refractivity contribution is 4.77. The molecule has 0 spiro atoms. The first-order chi connectivity index (χ1) is 10.1. The molecule has 0 amide bonds. The molecule has 124 valence electrons. The van der Waals surface area contributed by atoms with Crippen molar-refractivity contribution in [3.63, 3.8) is 0 Å². The van der Waals surface area contributed by atoms with Crippen LogP contribution in [0.25, 0.3) is 0 Å². The van der Waals surface area contributed by atoms with Crippen LogP contribution in [-0.2, 0) is 0 Å². The Morgan fingerprint density at radius 1 is 0.762 bits per heavy atom. The SMILES string of the molecule is CC(C)N1CCC(CCCN2CCN(C(C)C)CC2)CC1. The molecule has 3 nitrogen and oxygen atoms in total. The van der Waals surface area contributed by atoms with E-state index in [9.17, 15) is 0 Å². The molecule has 21 heavy (non-hydrogen) atoms. The monoisotopic (exact) mass is 295 g/mol. The number of nitrogens with zero attached hydrogens (tertiary/aromatic N) is 3. The first-order valence-electron chi connectivity index (χ1n) is 9.26. The van der Waals surface area contributed by atoms with Gasteiger partial charge in [0.15, 0.2) is 0 Å². The van der Waals surface area contributed by atoms with Gasteiger partial charge in [0.1, 0.15) is 0 Å². The number of likely N-dealkylation sites (tertiary alicyclic amines) is 1. The molecular formula is C18H37N3. The van der Waals surface area contributed by atoms with Crippen molar-refractivity contribution in [2.24, 2.45) is 5.92 Å².